The van der Waals surface area contributed by atoms with Crippen LogP contribution in [0.25, 0.3) is 0 Å². The van der Waals surface area contributed by atoms with Gasteiger partial charge in [-0.2, -0.15) is 0 Å². The van der Waals surface area contributed by atoms with E-state index in [1.54, 1.807) is 4.90 Å². The van der Waals surface area contributed by atoms with Crippen molar-refractivity contribution in [3.8, 4) is 0 Å². The average molecular weight is 299 g/mol. The van der Waals surface area contributed by atoms with Crippen LogP contribution < -0.4 is 0 Å². The minimum atomic E-state index is -0.874. The van der Waals surface area contributed by atoms with Crippen molar-refractivity contribution in [1.82, 2.24) is 14.7 Å². The topological polar surface area (TPSA) is 64.1 Å². The van der Waals surface area contributed by atoms with Crippen molar-refractivity contribution < 1.29 is 14.7 Å². The summed E-state index contributed by atoms with van der Waals surface area (Å²) in [6.07, 6.45) is 0.925. The van der Waals surface area contributed by atoms with E-state index in [1.807, 2.05) is 25.7 Å². The predicted octanol–water partition coefficient (Wildman–Crippen LogP) is 1.71. The number of carboxylic acid groups (broad SMARTS) is 1. The van der Waals surface area contributed by atoms with Gasteiger partial charge >= 0.3 is 12.0 Å². The molecular weight excluding hydrogens is 270 g/mol. The first-order chi connectivity index (χ1) is 9.62. The Morgan fingerprint density at radius 2 is 1.90 bits per heavy atom. The summed E-state index contributed by atoms with van der Waals surface area (Å²) in [7, 11) is 2.07. The molecule has 1 aliphatic rings. The van der Waals surface area contributed by atoms with Gasteiger partial charge in [-0.1, -0.05) is 0 Å². The van der Waals surface area contributed by atoms with Gasteiger partial charge in [-0.05, 0) is 47.7 Å². The number of carbonyl (C=O) groups is 2. The van der Waals surface area contributed by atoms with Gasteiger partial charge in [-0.25, -0.2) is 4.79 Å². The summed E-state index contributed by atoms with van der Waals surface area (Å²) in [4.78, 5) is 29.5. The van der Waals surface area contributed by atoms with Gasteiger partial charge in [-0.15, -0.1) is 0 Å². The van der Waals surface area contributed by atoms with Crippen LogP contribution in [0.15, 0.2) is 0 Å². The number of urea groups is 1. The summed E-state index contributed by atoms with van der Waals surface area (Å²) in [6, 6.07) is 0.0891. The molecule has 1 N–H and O–H groups in total. The monoisotopic (exact) mass is 299 g/mol. The van der Waals surface area contributed by atoms with E-state index in [0.717, 1.165) is 26.1 Å². The van der Waals surface area contributed by atoms with E-state index in [-0.39, 0.29) is 30.6 Å². The van der Waals surface area contributed by atoms with Gasteiger partial charge in [0.1, 0.15) is 0 Å². The molecule has 1 rings (SSSR count). The molecule has 122 valence electrons. The van der Waals surface area contributed by atoms with Crippen molar-refractivity contribution in [2.45, 2.75) is 52.1 Å². The lowest BCUT2D eigenvalue weighted by Gasteiger charge is -2.40. The Morgan fingerprint density at radius 3 is 2.43 bits per heavy atom. The van der Waals surface area contributed by atoms with E-state index >= 15 is 0 Å². The van der Waals surface area contributed by atoms with Crippen LogP contribution in [0, 0.1) is 0 Å². The summed E-state index contributed by atoms with van der Waals surface area (Å²) in [5, 5.41) is 8.89. The van der Waals surface area contributed by atoms with Crippen LogP contribution >= 0.6 is 0 Å². The molecular formula is C15H29N3O3. The number of nitrogens with zero attached hydrogens (tertiary/aromatic N) is 3. The summed E-state index contributed by atoms with van der Waals surface area (Å²) < 4.78 is 0. The zero-order valence-electron chi connectivity index (χ0n) is 13.9. The van der Waals surface area contributed by atoms with E-state index in [2.05, 4.69) is 18.9 Å². The van der Waals surface area contributed by atoms with Crippen LogP contribution in [0.2, 0.25) is 0 Å². The van der Waals surface area contributed by atoms with Gasteiger partial charge < -0.3 is 19.8 Å². The molecule has 1 unspecified atom stereocenters. The number of hydrogen-bond donors (Lipinski definition) is 1. The number of rotatable bonds is 3. The highest BCUT2D eigenvalue weighted by molar-refractivity contribution is 5.76. The van der Waals surface area contributed by atoms with Crippen molar-refractivity contribution in [2.24, 2.45) is 0 Å². The summed E-state index contributed by atoms with van der Waals surface area (Å²) >= 11 is 0. The first kappa shape index (κ1) is 17.8. The molecule has 0 spiro atoms. The van der Waals surface area contributed by atoms with Crippen molar-refractivity contribution in [1.29, 1.82) is 0 Å². The van der Waals surface area contributed by atoms with E-state index in [9.17, 15) is 9.59 Å². The third kappa shape index (κ3) is 5.19. The first-order valence-electron chi connectivity index (χ1n) is 7.61. The van der Waals surface area contributed by atoms with Crippen LogP contribution in [-0.4, -0.2) is 76.6 Å². The van der Waals surface area contributed by atoms with Gasteiger partial charge in [0.2, 0.25) is 0 Å². The summed E-state index contributed by atoms with van der Waals surface area (Å²) in [6.45, 7) is 10.7. The highest BCUT2D eigenvalue weighted by atomic mass is 16.4. The molecule has 0 aromatic carbocycles. The molecule has 0 saturated carbocycles. The minimum Gasteiger partial charge on any atom is -0.481 e. The Labute approximate surface area is 127 Å². The third-order valence-corrected chi connectivity index (χ3v) is 3.88. The van der Waals surface area contributed by atoms with Crippen LogP contribution in [0.3, 0.4) is 0 Å². The normalized spacial score (nSPS) is 21.0. The molecule has 0 bridgehead atoms. The van der Waals surface area contributed by atoms with Crippen LogP contribution in [0.5, 0.6) is 0 Å². The Balaban J connectivity index is 2.85. The second-order valence-electron chi connectivity index (χ2n) is 6.91. The molecule has 1 heterocycles. The minimum absolute atomic E-state index is 0.0227. The lowest BCUT2D eigenvalue weighted by atomic mass is 10.1. The van der Waals surface area contributed by atoms with Crippen molar-refractivity contribution in [2.75, 3.05) is 33.2 Å². The lowest BCUT2D eigenvalue weighted by Crippen LogP contribution is -2.55. The van der Waals surface area contributed by atoms with Crippen molar-refractivity contribution in [3.63, 3.8) is 0 Å². The van der Waals surface area contributed by atoms with Crippen LogP contribution in [0.4, 0.5) is 4.79 Å². The first-order valence-corrected chi connectivity index (χ1v) is 7.61. The van der Waals surface area contributed by atoms with E-state index in [4.69, 9.17) is 5.11 Å². The maximum Gasteiger partial charge on any atom is 0.320 e. The maximum atomic E-state index is 12.9. The third-order valence-electron chi connectivity index (χ3n) is 3.88. The molecule has 6 nitrogen and oxygen atoms in total. The fourth-order valence-corrected chi connectivity index (χ4v) is 2.74. The highest BCUT2D eigenvalue weighted by Crippen LogP contribution is 2.19. The highest BCUT2D eigenvalue weighted by Gasteiger charge is 2.33. The molecule has 6 heteroatoms. The molecule has 0 aromatic heterocycles. The number of amides is 2. The van der Waals surface area contributed by atoms with E-state index < -0.39 is 5.97 Å². The smallest absolute Gasteiger partial charge is 0.320 e. The fraction of sp³-hybridized carbons (Fsp3) is 0.867. The summed E-state index contributed by atoms with van der Waals surface area (Å²) in [5.41, 5.74) is -0.384. The molecule has 1 aliphatic heterocycles. The standard InChI is InChI=1S/C15H29N3O3/c1-12-11-16(5)8-6-9-17(12)14(21)18(15(2,3)4)10-7-13(19)20/h12H,6-11H2,1-5H3,(H,19,20). The van der Waals surface area contributed by atoms with E-state index in [0.29, 0.717) is 0 Å². The van der Waals surface area contributed by atoms with Crippen molar-refractivity contribution >= 4 is 12.0 Å². The molecule has 2 amide bonds. The largest absolute Gasteiger partial charge is 0.481 e. The number of likely N-dealkylation sites (N-methyl/N-ethyl adjacent to an activating group) is 1. The van der Waals surface area contributed by atoms with Crippen molar-refractivity contribution in [3.05, 3.63) is 0 Å². The van der Waals surface area contributed by atoms with Gasteiger partial charge in [0, 0.05) is 31.2 Å². The molecule has 1 atom stereocenters. The van der Waals surface area contributed by atoms with Gasteiger partial charge in [0.05, 0.1) is 6.42 Å². The maximum absolute atomic E-state index is 12.9. The zero-order valence-corrected chi connectivity index (χ0v) is 13.9. The van der Waals surface area contributed by atoms with Gasteiger partial charge in [-0.3, -0.25) is 4.79 Å². The molecule has 1 saturated heterocycles. The van der Waals surface area contributed by atoms with Gasteiger partial charge in [0.15, 0.2) is 0 Å². The Kier molecular flexibility index (Phi) is 6.01. The Bertz CT molecular complexity index is 379. The lowest BCUT2D eigenvalue weighted by molar-refractivity contribution is -0.137. The molecule has 21 heavy (non-hydrogen) atoms. The average Bonchev–Trinajstić information content (AvgIpc) is 2.47. The zero-order chi connectivity index (χ0) is 16.2. The van der Waals surface area contributed by atoms with E-state index in [1.165, 1.54) is 0 Å². The fourth-order valence-electron chi connectivity index (χ4n) is 2.74. The van der Waals surface area contributed by atoms with Crippen LogP contribution in [-0.2, 0) is 4.79 Å². The predicted molar refractivity (Wildman–Crippen MR) is 82.4 cm³/mol. The van der Waals surface area contributed by atoms with Gasteiger partial charge in [0.25, 0.3) is 0 Å². The molecule has 1 fully saturated rings. The van der Waals surface area contributed by atoms with Crippen LogP contribution in [0.1, 0.15) is 40.5 Å². The molecule has 0 aromatic rings. The SMILES string of the molecule is CC1CN(C)CCCN1C(=O)N(CCC(=O)O)C(C)(C)C. The quantitative estimate of drug-likeness (QED) is 0.861. The molecule has 0 aliphatic carbocycles. The number of carbonyl (C=O) groups excluding carboxylic acids is 1. The Morgan fingerprint density at radius 1 is 1.29 bits per heavy atom. The number of aliphatic carboxylic acids is 1. The second kappa shape index (κ2) is 7.11. The summed E-state index contributed by atoms with van der Waals surface area (Å²) in [5.74, 6) is -0.874. The Hall–Kier alpha value is -1.30. The molecule has 0 radical (unpaired) electrons. The number of carboxylic acids is 1. The number of hydrogen-bond acceptors (Lipinski definition) is 3. The second-order valence-corrected chi connectivity index (χ2v) is 6.91.